The highest BCUT2D eigenvalue weighted by atomic mass is 16.7. The average Bonchev–Trinajstić information content (AvgIpc) is 3.85. The van der Waals surface area contributed by atoms with E-state index in [0.717, 1.165) is 0 Å². The molecule has 0 saturated carbocycles. The minimum absolute atomic E-state index is 0.0293. The first-order chi connectivity index (χ1) is 23.7. The van der Waals surface area contributed by atoms with Gasteiger partial charge >= 0.3 is 5.97 Å². The summed E-state index contributed by atoms with van der Waals surface area (Å²) < 4.78 is 48.1. The van der Waals surface area contributed by atoms with Crippen LogP contribution in [0.5, 0.6) is 0 Å². The van der Waals surface area contributed by atoms with Crippen LogP contribution < -0.4 is 0 Å². The number of ether oxygens (including phenoxy) is 8. The summed E-state index contributed by atoms with van der Waals surface area (Å²) in [7, 11) is 6.85. The molecule has 4 rings (SSSR count). The molecule has 2 N–H and O–H groups in total. The number of rotatable bonds is 9. The van der Waals surface area contributed by atoms with Crippen LogP contribution in [-0.2, 0) is 47.5 Å². The lowest BCUT2D eigenvalue weighted by Crippen LogP contribution is -2.59. The number of methoxy groups -OCH3 is 2. The van der Waals surface area contributed by atoms with Crippen molar-refractivity contribution < 1.29 is 57.7 Å². The molecule has 286 valence electrons. The molecule has 2 unspecified atom stereocenters. The number of allylic oxidation sites excluding steroid dienone is 1. The first-order valence-electron chi connectivity index (χ1n) is 18.1. The van der Waals surface area contributed by atoms with Gasteiger partial charge in [-0.05, 0) is 65.3 Å². The SMILES string of the molecule is CCC1OC(=O)/C=C/[C@H](C)C(O[C@@H]2O[C@H](C)C[C@H](N(C)C)[C@H]2O)[C@@H](C)C[C@@H](C)C(=O)/C=C/[C@H]2O[C@H]2[C@@H]1CO[C@@H]1O[C@H](C)[C@@H](O)[C@@H](OC)[C@H]1OC. The minimum atomic E-state index is -0.904. The van der Waals surface area contributed by atoms with E-state index in [1.54, 1.807) is 25.2 Å². The van der Waals surface area contributed by atoms with Gasteiger partial charge in [0.15, 0.2) is 18.4 Å². The molecule has 0 bridgehead atoms. The first-order valence-corrected chi connectivity index (χ1v) is 18.1. The lowest BCUT2D eigenvalue weighted by atomic mass is 9.84. The Hall–Kier alpha value is -1.78. The quantitative estimate of drug-likeness (QED) is 0.266. The maximum atomic E-state index is 13.4. The highest BCUT2D eigenvalue weighted by molar-refractivity contribution is 5.91. The number of carbonyl (C=O) groups is 2. The van der Waals surface area contributed by atoms with E-state index in [4.69, 9.17) is 37.9 Å². The second-order valence-corrected chi connectivity index (χ2v) is 14.8. The maximum absolute atomic E-state index is 13.4. The van der Waals surface area contributed by atoms with Gasteiger partial charge in [0.1, 0.15) is 36.6 Å². The van der Waals surface area contributed by atoms with E-state index < -0.39 is 67.2 Å². The Balaban J connectivity index is 1.56. The molecule has 50 heavy (non-hydrogen) atoms. The third kappa shape index (κ3) is 10.00. The van der Waals surface area contributed by atoms with Crippen LogP contribution in [-0.4, -0.2) is 141 Å². The summed E-state index contributed by atoms with van der Waals surface area (Å²) in [6.45, 7) is 11.6. The Morgan fingerprint density at radius 2 is 1.56 bits per heavy atom. The van der Waals surface area contributed by atoms with Crippen molar-refractivity contribution in [2.24, 2.45) is 23.7 Å². The van der Waals surface area contributed by atoms with Gasteiger partial charge in [-0.15, -0.1) is 0 Å². The molecular weight excluding hydrogens is 650 g/mol. The van der Waals surface area contributed by atoms with Crippen molar-refractivity contribution in [2.45, 2.75) is 140 Å². The molecule has 13 heteroatoms. The summed E-state index contributed by atoms with van der Waals surface area (Å²) in [6.07, 6.45) is 0.848. The number of carbonyl (C=O) groups excluding carboxylic acids is 2. The van der Waals surface area contributed by atoms with Crippen LogP contribution in [0.15, 0.2) is 24.3 Å². The number of cyclic esters (lactones) is 1. The van der Waals surface area contributed by atoms with Gasteiger partial charge in [-0.3, -0.25) is 4.79 Å². The highest BCUT2D eigenvalue weighted by Gasteiger charge is 2.50. The number of fused-ring (bicyclic) bond motifs is 1. The van der Waals surface area contributed by atoms with Crippen molar-refractivity contribution in [1.29, 1.82) is 0 Å². The van der Waals surface area contributed by atoms with Crippen LogP contribution >= 0.6 is 0 Å². The predicted molar refractivity (Wildman–Crippen MR) is 183 cm³/mol. The summed E-state index contributed by atoms with van der Waals surface area (Å²) >= 11 is 0. The third-order valence-electron chi connectivity index (χ3n) is 10.7. The van der Waals surface area contributed by atoms with E-state index >= 15 is 0 Å². The normalized spacial score (nSPS) is 46.2. The summed E-state index contributed by atoms with van der Waals surface area (Å²) in [5.74, 6) is -1.66. The van der Waals surface area contributed by atoms with Crippen LogP contribution in [0.25, 0.3) is 0 Å². The number of aliphatic hydroxyl groups is 2. The van der Waals surface area contributed by atoms with Crippen LogP contribution in [0.4, 0.5) is 0 Å². The molecular formula is C37H61NO12. The molecule has 0 spiro atoms. The van der Waals surface area contributed by atoms with Crippen molar-refractivity contribution in [2.75, 3.05) is 34.9 Å². The van der Waals surface area contributed by atoms with Crippen molar-refractivity contribution in [1.82, 2.24) is 4.90 Å². The maximum Gasteiger partial charge on any atom is 0.330 e. The van der Waals surface area contributed by atoms with Crippen LogP contribution in [0, 0.1) is 23.7 Å². The zero-order valence-electron chi connectivity index (χ0n) is 31.4. The summed E-state index contributed by atoms with van der Waals surface area (Å²) in [4.78, 5) is 28.7. The van der Waals surface area contributed by atoms with E-state index in [0.29, 0.717) is 19.3 Å². The van der Waals surface area contributed by atoms with E-state index in [2.05, 4.69) is 0 Å². The molecule has 13 nitrogen and oxygen atoms in total. The fraction of sp³-hybridized carbons (Fsp3) is 0.838. The van der Waals surface area contributed by atoms with E-state index in [1.807, 2.05) is 53.6 Å². The molecule has 0 radical (unpaired) electrons. The number of nitrogens with zero attached hydrogens (tertiary/aromatic N) is 1. The number of epoxide rings is 1. The van der Waals surface area contributed by atoms with Gasteiger partial charge in [-0.2, -0.15) is 0 Å². The Bertz CT molecular complexity index is 1170. The molecule has 4 aliphatic heterocycles. The van der Waals surface area contributed by atoms with Crippen LogP contribution in [0.3, 0.4) is 0 Å². The lowest BCUT2D eigenvalue weighted by Gasteiger charge is -2.43. The number of hydrogen-bond donors (Lipinski definition) is 2. The van der Waals surface area contributed by atoms with Crippen molar-refractivity contribution >= 4 is 11.8 Å². The van der Waals surface area contributed by atoms with Gasteiger partial charge in [-0.1, -0.05) is 33.8 Å². The van der Waals surface area contributed by atoms with Gasteiger partial charge < -0.3 is 53.0 Å². The fourth-order valence-electron chi connectivity index (χ4n) is 7.64. The fourth-order valence-corrected chi connectivity index (χ4v) is 7.64. The number of likely N-dealkylation sites (N-methyl/N-ethyl adjacent to an activating group) is 1. The van der Waals surface area contributed by atoms with Gasteiger partial charge in [0, 0.05) is 44.1 Å². The first kappa shape index (κ1) is 41.0. The van der Waals surface area contributed by atoms with Gasteiger partial charge in [0.25, 0.3) is 0 Å². The second kappa shape index (κ2) is 18.3. The topological polar surface area (TPSA) is 155 Å². The molecule has 3 fully saturated rings. The minimum Gasteiger partial charge on any atom is -0.459 e. The number of esters is 1. The van der Waals surface area contributed by atoms with E-state index in [9.17, 15) is 19.8 Å². The summed E-state index contributed by atoms with van der Waals surface area (Å²) in [6, 6.07) is -0.144. The van der Waals surface area contributed by atoms with E-state index in [1.165, 1.54) is 20.3 Å². The number of ketones is 1. The van der Waals surface area contributed by atoms with Crippen molar-refractivity contribution in [3.8, 4) is 0 Å². The highest BCUT2D eigenvalue weighted by Crippen LogP contribution is 2.37. The van der Waals surface area contributed by atoms with Crippen molar-refractivity contribution in [3.63, 3.8) is 0 Å². The summed E-state index contributed by atoms with van der Waals surface area (Å²) in [5, 5.41) is 21.8. The van der Waals surface area contributed by atoms with Gasteiger partial charge in [-0.25, -0.2) is 4.79 Å². The zero-order valence-corrected chi connectivity index (χ0v) is 31.4. The van der Waals surface area contributed by atoms with E-state index in [-0.39, 0.29) is 54.5 Å². The molecule has 4 aliphatic rings. The summed E-state index contributed by atoms with van der Waals surface area (Å²) in [5.41, 5.74) is 0. The Kier molecular flexibility index (Phi) is 15.0. The molecule has 17 atom stereocenters. The number of hydrogen-bond acceptors (Lipinski definition) is 13. The molecule has 0 aromatic heterocycles. The third-order valence-corrected chi connectivity index (χ3v) is 10.7. The molecule has 4 heterocycles. The van der Waals surface area contributed by atoms with Gasteiger partial charge in [0.05, 0.1) is 31.0 Å². The Morgan fingerprint density at radius 3 is 2.20 bits per heavy atom. The Labute approximate surface area is 297 Å². The second-order valence-electron chi connectivity index (χ2n) is 14.8. The number of aliphatic hydroxyl groups excluding tert-OH is 2. The molecule has 0 amide bonds. The smallest absolute Gasteiger partial charge is 0.330 e. The predicted octanol–water partition coefficient (Wildman–Crippen LogP) is 2.65. The van der Waals surface area contributed by atoms with Gasteiger partial charge in [0.2, 0.25) is 0 Å². The monoisotopic (exact) mass is 711 g/mol. The Morgan fingerprint density at radius 1 is 0.860 bits per heavy atom. The molecule has 0 aromatic rings. The molecule has 0 aliphatic carbocycles. The standard InChI is InChI=1S/C37H61NO12/c1-11-27-24(18-45-37-35(44-10)34(43-9)30(41)23(6)47-37)33-28(49-33)14-13-26(39)20(3)16-21(4)32(19(2)12-15-29(40)48-27)50-36-31(42)25(38(7)8)17-22(5)46-36/h12-15,19-25,27-28,30-37,41-42H,11,16-18H2,1-10H3/b14-13+,15-12+/t19-,20+,21-,22+,23+,24+,25-,27?,28+,30+,31+,32?,33-,34+,35+,36-,37+/m0/s1. The largest absolute Gasteiger partial charge is 0.459 e. The average molecular weight is 712 g/mol. The van der Waals surface area contributed by atoms with Crippen molar-refractivity contribution in [3.05, 3.63) is 24.3 Å². The van der Waals surface area contributed by atoms with Crippen LogP contribution in [0.2, 0.25) is 0 Å². The molecule has 3 saturated heterocycles. The lowest BCUT2D eigenvalue weighted by molar-refractivity contribution is -0.305. The molecule has 0 aromatic carbocycles. The van der Waals surface area contributed by atoms with Crippen LogP contribution in [0.1, 0.15) is 60.8 Å². The zero-order chi connectivity index (χ0) is 36.9.